The Labute approximate surface area is 107 Å². The van der Waals surface area contributed by atoms with Gasteiger partial charge < -0.3 is 11.1 Å². The highest BCUT2D eigenvalue weighted by molar-refractivity contribution is 6.29. The third-order valence-corrected chi connectivity index (χ3v) is 2.25. The van der Waals surface area contributed by atoms with Crippen LogP contribution in [0, 0.1) is 0 Å². The number of halogens is 1. The number of aromatic nitrogens is 1. The topological polar surface area (TPSA) is 63.3 Å². The summed E-state index contributed by atoms with van der Waals surface area (Å²) in [6.07, 6.45) is 2.58. The number of nitrogens with one attached hydrogen (secondary N) is 1. The zero-order valence-corrected chi connectivity index (χ0v) is 10.7. The van der Waals surface area contributed by atoms with Crippen LogP contribution in [-0.4, -0.2) is 24.0 Å². The van der Waals surface area contributed by atoms with E-state index in [-0.39, 0.29) is 0 Å². The SMILES string of the molecule is C=C(C)CN=C(N)NCCc1ccc(Cl)nc1. The van der Waals surface area contributed by atoms with E-state index in [2.05, 4.69) is 21.9 Å². The molecule has 0 aliphatic heterocycles. The van der Waals surface area contributed by atoms with E-state index < -0.39 is 0 Å². The van der Waals surface area contributed by atoms with E-state index in [0.717, 1.165) is 24.1 Å². The van der Waals surface area contributed by atoms with Gasteiger partial charge in [-0.05, 0) is 25.0 Å². The van der Waals surface area contributed by atoms with Crippen molar-refractivity contribution < 1.29 is 0 Å². The standard InChI is InChI=1S/C12H17ClN4/c1-9(2)7-17-12(14)15-6-5-10-3-4-11(13)16-8-10/h3-4,8H,1,5-7H2,2H3,(H3,14,15,17). The van der Waals surface area contributed by atoms with Gasteiger partial charge in [0.15, 0.2) is 5.96 Å². The van der Waals surface area contributed by atoms with Gasteiger partial charge in [0, 0.05) is 12.7 Å². The highest BCUT2D eigenvalue weighted by Crippen LogP contribution is 2.05. The summed E-state index contributed by atoms with van der Waals surface area (Å²) in [7, 11) is 0. The van der Waals surface area contributed by atoms with E-state index in [9.17, 15) is 0 Å². The Morgan fingerprint density at radius 2 is 2.35 bits per heavy atom. The smallest absolute Gasteiger partial charge is 0.188 e. The van der Waals surface area contributed by atoms with Crippen molar-refractivity contribution in [1.29, 1.82) is 0 Å². The molecule has 92 valence electrons. The molecular formula is C12H17ClN4. The van der Waals surface area contributed by atoms with Gasteiger partial charge in [0.1, 0.15) is 5.15 Å². The minimum Gasteiger partial charge on any atom is -0.370 e. The number of nitrogens with two attached hydrogens (primary N) is 1. The Hall–Kier alpha value is -1.55. The minimum absolute atomic E-state index is 0.440. The average molecular weight is 253 g/mol. The van der Waals surface area contributed by atoms with Crippen molar-refractivity contribution in [2.24, 2.45) is 10.7 Å². The van der Waals surface area contributed by atoms with Crippen molar-refractivity contribution >= 4 is 17.6 Å². The van der Waals surface area contributed by atoms with Crippen LogP contribution in [0.15, 0.2) is 35.5 Å². The summed E-state index contributed by atoms with van der Waals surface area (Å²) in [5.41, 5.74) is 7.76. The molecule has 0 aliphatic carbocycles. The second-order valence-electron chi connectivity index (χ2n) is 3.82. The number of nitrogens with zero attached hydrogens (tertiary/aromatic N) is 2. The predicted molar refractivity (Wildman–Crippen MR) is 72.3 cm³/mol. The molecule has 17 heavy (non-hydrogen) atoms. The van der Waals surface area contributed by atoms with E-state index in [1.165, 1.54) is 0 Å². The molecule has 0 atom stereocenters. The van der Waals surface area contributed by atoms with Crippen LogP contribution in [0.4, 0.5) is 0 Å². The van der Waals surface area contributed by atoms with Gasteiger partial charge in [0.05, 0.1) is 6.54 Å². The van der Waals surface area contributed by atoms with Crippen molar-refractivity contribution in [1.82, 2.24) is 10.3 Å². The van der Waals surface area contributed by atoms with Crippen molar-refractivity contribution in [3.05, 3.63) is 41.2 Å². The van der Waals surface area contributed by atoms with Crippen LogP contribution in [-0.2, 0) is 6.42 Å². The first-order chi connectivity index (χ1) is 8.08. The monoisotopic (exact) mass is 252 g/mol. The number of pyridine rings is 1. The molecule has 0 saturated carbocycles. The first-order valence-corrected chi connectivity index (χ1v) is 5.74. The molecule has 1 aromatic heterocycles. The van der Waals surface area contributed by atoms with Crippen LogP contribution in [0.1, 0.15) is 12.5 Å². The first kappa shape index (κ1) is 13.5. The van der Waals surface area contributed by atoms with Gasteiger partial charge in [-0.2, -0.15) is 0 Å². The van der Waals surface area contributed by atoms with E-state index in [4.69, 9.17) is 17.3 Å². The maximum absolute atomic E-state index is 5.69. The molecule has 0 unspecified atom stereocenters. The molecule has 0 saturated heterocycles. The molecule has 0 aromatic carbocycles. The fourth-order valence-electron chi connectivity index (χ4n) is 1.17. The molecule has 1 rings (SSSR count). The zero-order valence-electron chi connectivity index (χ0n) is 9.91. The summed E-state index contributed by atoms with van der Waals surface area (Å²) < 4.78 is 0. The average Bonchev–Trinajstić information content (AvgIpc) is 2.29. The molecule has 0 spiro atoms. The van der Waals surface area contributed by atoms with Crippen LogP contribution in [0.5, 0.6) is 0 Å². The normalized spacial score (nSPS) is 11.3. The lowest BCUT2D eigenvalue weighted by atomic mass is 10.2. The summed E-state index contributed by atoms with van der Waals surface area (Å²) in [5, 5.41) is 3.53. The summed E-state index contributed by atoms with van der Waals surface area (Å²) in [5.74, 6) is 0.440. The highest BCUT2D eigenvalue weighted by Gasteiger charge is 1.95. The van der Waals surface area contributed by atoms with E-state index in [1.54, 1.807) is 12.3 Å². The van der Waals surface area contributed by atoms with E-state index in [1.807, 2.05) is 13.0 Å². The van der Waals surface area contributed by atoms with Crippen molar-refractivity contribution in [3.63, 3.8) is 0 Å². The number of hydrogen-bond donors (Lipinski definition) is 2. The fourth-order valence-corrected chi connectivity index (χ4v) is 1.28. The quantitative estimate of drug-likeness (QED) is 0.363. The van der Waals surface area contributed by atoms with Crippen LogP contribution in [0.3, 0.4) is 0 Å². The number of aliphatic imine (C=N–C) groups is 1. The molecule has 1 heterocycles. The Kier molecular flexibility index (Phi) is 5.49. The van der Waals surface area contributed by atoms with Crippen LogP contribution in [0.25, 0.3) is 0 Å². The number of guanidine groups is 1. The van der Waals surface area contributed by atoms with Crippen molar-refractivity contribution in [3.8, 4) is 0 Å². The molecule has 0 bridgehead atoms. The summed E-state index contributed by atoms with van der Waals surface area (Å²) >= 11 is 5.69. The Morgan fingerprint density at radius 3 is 2.94 bits per heavy atom. The van der Waals surface area contributed by atoms with Gasteiger partial charge in [0.25, 0.3) is 0 Å². The maximum atomic E-state index is 5.69. The third kappa shape index (κ3) is 5.92. The number of rotatable bonds is 5. The van der Waals surface area contributed by atoms with E-state index in [0.29, 0.717) is 17.7 Å². The second kappa shape index (κ2) is 6.91. The second-order valence-corrected chi connectivity index (χ2v) is 4.21. The first-order valence-electron chi connectivity index (χ1n) is 5.36. The van der Waals surface area contributed by atoms with Gasteiger partial charge in [-0.25, -0.2) is 9.98 Å². The van der Waals surface area contributed by atoms with Crippen molar-refractivity contribution in [2.75, 3.05) is 13.1 Å². The predicted octanol–water partition coefficient (Wildman–Crippen LogP) is 1.76. The van der Waals surface area contributed by atoms with Gasteiger partial charge in [-0.1, -0.05) is 29.8 Å². The van der Waals surface area contributed by atoms with Gasteiger partial charge in [0.2, 0.25) is 0 Å². The zero-order chi connectivity index (χ0) is 12.7. The highest BCUT2D eigenvalue weighted by atomic mass is 35.5. The van der Waals surface area contributed by atoms with Crippen LogP contribution >= 0.6 is 11.6 Å². The Balaban J connectivity index is 2.30. The fraction of sp³-hybridized carbons (Fsp3) is 0.333. The molecule has 4 nitrogen and oxygen atoms in total. The molecule has 0 fully saturated rings. The lowest BCUT2D eigenvalue weighted by Gasteiger charge is -2.05. The van der Waals surface area contributed by atoms with Gasteiger partial charge in [-0.15, -0.1) is 0 Å². The molecule has 3 N–H and O–H groups in total. The summed E-state index contributed by atoms with van der Waals surface area (Å²) in [6.45, 7) is 6.94. The largest absolute Gasteiger partial charge is 0.370 e. The lowest BCUT2D eigenvalue weighted by molar-refractivity contribution is 0.848. The maximum Gasteiger partial charge on any atom is 0.188 e. The lowest BCUT2D eigenvalue weighted by Crippen LogP contribution is -2.33. The molecule has 1 aromatic rings. The van der Waals surface area contributed by atoms with Crippen molar-refractivity contribution in [2.45, 2.75) is 13.3 Å². The molecular weight excluding hydrogens is 236 g/mol. The van der Waals surface area contributed by atoms with Gasteiger partial charge >= 0.3 is 0 Å². The van der Waals surface area contributed by atoms with Gasteiger partial charge in [-0.3, -0.25) is 0 Å². The van der Waals surface area contributed by atoms with E-state index >= 15 is 0 Å². The molecule has 0 radical (unpaired) electrons. The Bertz CT molecular complexity index is 397. The summed E-state index contributed by atoms with van der Waals surface area (Å²) in [4.78, 5) is 8.12. The third-order valence-electron chi connectivity index (χ3n) is 2.03. The number of hydrogen-bond acceptors (Lipinski definition) is 2. The molecule has 5 heteroatoms. The molecule has 0 amide bonds. The summed E-state index contributed by atoms with van der Waals surface area (Å²) in [6, 6.07) is 3.72. The minimum atomic E-state index is 0.440. The van der Waals surface area contributed by atoms with Crippen LogP contribution < -0.4 is 11.1 Å². The van der Waals surface area contributed by atoms with Crippen LogP contribution in [0.2, 0.25) is 5.15 Å². The Morgan fingerprint density at radius 1 is 1.59 bits per heavy atom. The molecule has 0 aliphatic rings.